The zero-order chi connectivity index (χ0) is 10.7. The Balaban J connectivity index is 2.08. The topological polar surface area (TPSA) is 0 Å². The van der Waals surface area contributed by atoms with E-state index in [1.54, 1.807) is 0 Å². The van der Waals surface area contributed by atoms with Crippen LogP contribution in [-0.2, 0) is 0 Å². The Kier molecular flexibility index (Phi) is 3.25. The van der Waals surface area contributed by atoms with Crippen LogP contribution in [0, 0.1) is 11.8 Å². The average Bonchev–Trinajstić information content (AvgIpc) is 2.29. The van der Waals surface area contributed by atoms with Gasteiger partial charge >= 0.3 is 0 Å². The fourth-order valence-corrected chi connectivity index (χ4v) is 2.58. The van der Waals surface area contributed by atoms with Crippen LogP contribution in [0.3, 0.4) is 0 Å². The molecule has 0 amide bonds. The second-order valence-electron chi connectivity index (χ2n) is 4.84. The molecule has 0 saturated heterocycles. The number of allylic oxidation sites excluding steroid dienone is 2. The van der Waals surface area contributed by atoms with E-state index in [4.69, 9.17) is 0 Å². The van der Waals surface area contributed by atoms with Gasteiger partial charge in [0.15, 0.2) is 0 Å². The van der Waals surface area contributed by atoms with Gasteiger partial charge in [0, 0.05) is 0 Å². The maximum Gasteiger partial charge on any atom is -0.0159 e. The summed E-state index contributed by atoms with van der Waals surface area (Å²) >= 11 is 0. The summed E-state index contributed by atoms with van der Waals surface area (Å²) in [4.78, 5) is 0. The Bertz CT molecular complexity index is 323. The number of hydrogen-bond acceptors (Lipinski definition) is 0. The van der Waals surface area contributed by atoms with Crippen LogP contribution in [0.5, 0.6) is 0 Å². The minimum absolute atomic E-state index is 0.693. The van der Waals surface area contributed by atoms with E-state index < -0.39 is 0 Å². The summed E-state index contributed by atoms with van der Waals surface area (Å²) in [6.45, 7) is 4.69. The molecule has 1 aromatic rings. The van der Waals surface area contributed by atoms with Gasteiger partial charge in [-0.2, -0.15) is 0 Å². The monoisotopic (exact) mass is 200 g/mol. The summed E-state index contributed by atoms with van der Waals surface area (Å²) in [6.07, 6.45) is 7.31. The molecular formula is C15H20. The van der Waals surface area contributed by atoms with Crippen molar-refractivity contribution in [3.8, 4) is 0 Å². The van der Waals surface area contributed by atoms with Crippen molar-refractivity contribution in [2.75, 3.05) is 0 Å². The summed E-state index contributed by atoms with van der Waals surface area (Å²) in [5, 5.41) is 0. The van der Waals surface area contributed by atoms with Gasteiger partial charge in [0.05, 0.1) is 0 Å². The number of rotatable bonds is 2. The molecule has 0 saturated carbocycles. The molecule has 1 aliphatic carbocycles. The van der Waals surface area contributed by atoms with Crippen LogP contribution in [0.15, 0.2) is 42.5 Å². The predicted molar refractivity (Wildman–Crippen MR) is 65.9 cm³/mol. The Morgan fingerprint density at radius 1 is 1.20 bits per heavy atom. The molecule has 0 aromatic heterocycles. The third-order valence-electron chi connectivity index (χ3n) is 3.61. The molecule has 2 rings (SSSR count). The van der Waals surface area contributed by atoms with Crippen LogP contribution in [0.1, 0.15) is 38.2 Å². The van der Waals surface area contributed by atoms with Crippen molar-refractivity contribution in [2.45, 2.75) is 32.6 Å². The highest BCUT2D eigenvalue weighted by Gasteiger charge is 2.21. The molecule has 1 aliphatic rings. The highest BCUT2D eigenvalue weighted by Crippen LogP contribution is 2.34. The molecule has 3 atom stereocenters. The molecule has 0 heterocycles. The highest BCUT2D eigenvalue weighted by atomic mass is 14.3. The van der Waals surface area contributed by atoms with E-state index in [9.17, 15) is 0 Å². The maximum atomic E-state index is 2.37. The summed E-state index contributed by atoms with van der Waals surface area (Å²) in [5.41, 5.74) is 1.49. The minimum Gasteiger partial charge on any atom is -0.0880 e. The molecule has 0 radical (unpaired) electrons. The zero-order valence-corrected chi connectivity index (χ0v) is 9.69. The van der Waals surface area contributed by atoms with Gasteiger partial charge in [-0.15, -0.1) is 0 Å². The standard InChI is InChI=1S/C15H20/c1-12-7-6-10-15(11-12)13(2)14-8-4-3-5-9-14/h3-9,12-13,15H,10-11H2,1-2H3. The molecule has 80 valence electrons. The minimum atomic E-state index is 0.693. The summed E-state index contributed by atoms with van der Waals surface area (Å²) < 4.78 is 0. The van der Waals surface area contributed by atoms with Crippen molar-refractivity contribution < 1.29 is 0 Å². The third kappa shape index (κ3) is 2.50. The molecule has 0 spiro atoms. The molecule has 0 fully saturated rings. The first-order valence-electron chi connectivity index (χ1n) is 5.99. The molecule has 3 unspecified atom stereocenters. The molecule has 0 nitrogen and oxygen atoms in total. The average molecular weight is 200 g/mol. The Labute approximate surface area is 93.0 Å². The second kappa shape index (κ2) is 4.65. The lowest BCUT2D eigenvalue weighted by Gasteiger charge is -2.28. The van der Waals surface area contributed by atoms with Crippen LogP contribution in [0.2, 0.25) is 0 Å². The first-order chi connectivity index (χ1) is 7.27. The van der Waals surface area contributed by atoms with Crippen molar-refractivity contribution in [3.63, 3.8) is 0 Å². The van der Waals surface area contributed by atoms with Crippen LogP contribution in [0.4, 0.5) is 0 Å². The van der Waals surface area contributed by atoms with E-state index in [2.05, 4.69) is 56.3 Å². The van der Waals surface area contributed by atoms with E-state index in [0.29, 0.717) is 5.92 Å². The molecular weight excluding hydrogens is 180 g/mol. The Morgan fingerprint density at radius 2 is 1.93 bits per heavy atom. The molecule has 0 bridgehead atoms. The van der Waals surface area contributed by atoms with E-state index in [-0.39, 0.29) is 0 Å². The summed E-state index contributed by atoms with van der Waals surface area (Å²) in [5.74, 6) is 2.28. The summed E-state index contributed by atoms with van der Waals surface area (Å²) in [7, 11) is 0. The number of benzene rings is 1. The van der Waals surface area contributed by atoms with Gasteiger partial charge in [-0.3, -0.25) is 0 Å². The largest absolute Gasteiger partial charge is 0.0880 e. The van der Waals surface area contributed by atoms with E-state index in [1.165, 1.54) is 18.4 Å². The van der Waals surface area contributed by atoms with Gasteiger partial charge in [-0.05, 0) is 36.2 Å². The molecule has 15 heavy (non-hydrogen) atoms. The fraction of sp³-hybridized carbons (Fsp3) is 0.467. The van der Waals surface area contributed by atoms with E-state index in [1.807, 2.05) is 0 Å². The maximum absolute atomic E-state index is 2.37. The SMILES string of the molecule is CC1C=CCC(C(C)c2ccccc2)C1. The molecule has 0 N–H and O–H groups in total. The molecule has 1 aromatic carbocycles. The van der Waals surface area contributed by atoms with Crippen molar-refractivity contribution >= 4 is 0 Å². The predicted octanol–water partition coefficient (Wildman–Crippen LogP) is 4.39. The lowest BCUT2D eigenvalue weighted by molar-refractivity contribution is 0.363. The lowest BCUT2D eigenvalue weighted by atomic mass is 9.77. The van der Waals surface area contributed by atoms with Crippen LogP contribution in [-0.4, -0.2) is 0 Å². The van der Waals surface area contributed by atoms with Crippen molar-refractivity contribution in [1.29, 1.82) is 0 Å². The van der Waals surface area contributed by atoms with Gasteiger partial charge in [0.2, 0.25) is 0 Å². The Hall–Kier alpha value is -1.04. The lowest BCUT2D eigenvalue weighted by Crippen LogP contribution is -2.15. The van der Waals surface area contributed by atoms with Crippen LogP contribution < -0.4 is 0 Å². The quantitative estimate of drug-likeness (QED) is 0.621. The van der Waals surface area contributed by atoms with Gasteiger partial charge in [0.25, 0.3) is 0 Å². The first kappa shape index (κ1) is 10.5. The Morgan fingerprint density at radius 3 is 2.60 bits per heavy atom. The van der Waals surface area contributed by atoms with Crippen molar-refractivity contribution in [2.24, 2.45) is 11.8 Å². The normalized spacial score (nSPS) is 27.6. The molecule has 0 heteroatoms. The van der Waals surface area contributed by atoms with Gasteiger partial charge < -0.3 is 0 Å². The third-order valence-corrected chi connectivity index (χ3v) is 3.61. The van der Waals surface area contributed by atoms with E-state index >= 15 is 0 Å². The van der Waals surface area contributed by atoms with Crippen molar-refractivity contribution in [3.05, 3.63) is 48.0 Å². The van der Waals surface area contributed by atoms with Gasteiger partial charge in [-0.25, -0.2) is 0 Å². The van der Waals surface area contributed by atoms with Crippen molar-refractivity contribution in [1.82, 2.24) is 0 Å². The smallest absolute Gasteiger partial charge is 0.0159 e. The van der Waals surface area contributed by atoms with Gasteiger partial charge in [-0.1, -0.05) is 56.3 Å². The highest BCUT2D eigenvalue weighted by molar-refractivity contribution is 5.20. The van der Waals surface area contributed by atoms with Crippen LogP contribution >= 0.6 is 0 Å². The van der Waals surface area contributed by atoms with E-state index in [0.717, 1.165) is 11.8 Å². The zero-order valence-electron chi connectivity index (χ0n) is 9.69. The number of hydrogen-bond donors (Lipinski definition) is 0. The first-order valence-corrected chi connectivity index (χ1v) is 5.99. The fourth-order valence-electron chi connectivity index (χ4n) is 2.58. The van der Waals surface area contributed by atoms with Crippen LogP contribution in [0.25, 0.3) is 0 Å². The van der Waals surface area contributed by atoms with Gasteiger partial charge in [0.1, 0.15) is 0 Å². The summed E-state index contributed by atoms with van der Waals surface area (Å²) in [6, 6.07) is 10.9. The molecule has 0 aliphatic heterocycles. The second-order valence-corrected chi connectivity index (χ2v) is 4.84.